The van der Waals surface area contributed by atoms with Crippen LogP contribution in [0.25, 0.3) is 0 Å². The zero-order valence-corrected chi connectivity index (χ0v) is 9.90. The molecule has 1 aliphatic rings. The second-order valence-corrected chi connectivity index (χ2v) is 5.29. The molecule has 1 saturated carbocycles. The Morgan fingerprint density at radius 1 is 1.31 bits per heavy atom. The SMILES string of the molecule is O=C(CCOP(=O)(O)OO)C1CCCCC1. The molecule has 0 aliphatic heterocycles. The van der Waals surface area contributed by atoms with E-state index in [1.54, 1.807) is 0 Å². The number of Topliss-reactive ketones (excluding diaryl/α,β-unsaturated/α-hetero) is 1. The Hall–Kier alpha value is -0.260. The van der Waals surface area contributed by atoms with Crippen molar-refractivity contribution in [2.45, 2.75) is 38.5 Å². The molecule has 6 nitrogen and oxygen atoms in total. The quantitative estimate of drug-likeness (QED) is 0.427. The predicted octanol–water partition coefficient (Wildman–Crippen LogP) is 2.13. The molecule has 16 heavy (non-hydrogen) atoms. The molecule has 1 rings (SSSR count). The van der Waals surface area contributed by atoms with Gasteiger partial charge in [-0.2, -0.15) is 0 Å². The molecule has 0 aromatic carbocycles. The molecule has 1 atom stereocenters. The minimum Gasteiger partial charge on any atom is -0.301 e. The van der Waals surface area contributed by atoms with Gasteiger partial charge in [0, 0.05) is 12.3 Å². The maximum atomic E-state index is 11.6. The highest BCUT2D eigenvalue weighted by atomic mass is 31.2. The molecule has 1 aliphatic carbocycles. The van der Waals surface area contributed by atoms with Gasteiger partial charge in [-0.3, -0.25) is 9.32 Å². The molecular formula is C9H17O6P. The average Bonchev–Trinajstić information content (AvgIpc) is 2.30. The topological polar surface area (TPSA) is 93.1 Å². The van der Waals surface area contributed by atoms with E-state index >= 15 is 0 Å². The van der Waals surface area contributed by atoms with Gasteiger partial charge in [-0.25, -0.2) is 9.82 Å². The van der Waals surface area contributed by atoms with Crippen LogP contribution in [0.1, 0.15) is 38.5 Å². The number of phosphoric acid groups is 1. The van der Waals surface area contributed by atoms with Gasteiger partial charge in [-0.1, -0.05) is 19.3 Å². The first-order valence-corrected chi connectivity index (χ1v) is 6.88. The smallest absolute Gasteiger partial charge is 0.301 e. The van der Waals surface area contributed by atoms with Gasteiger partial charge in [0.15, 0.2) is 0 Å². The summed E-state index contributed by atoms with van der Waals surface area (Å²) in [5.74, 6) is 0.114. The second kappa shape index (κ2) is 6.47. The van der Waals surface area contributed by atoms with E-state index in [1.807, 2.05) is 0 Å². The van der Waals surface area contributed by atoms with Crippen molar-refractivity contribution in [3.63, 3.8) is 0 Å². The van der Waals surface area contributed by atoms with Gasteiger partial charge in [-0.05, 0) is 12.8 Å². The maximum absolute atomic E-state index is 11.6. The first-order chi connectivity index (χ1) is 7.55. The molecule has 7 heteroatoms. The molecule has 0 bridgehead atoms. The van der Waals surface area contributed by atoms with Crippen molar-refractivity contribution in [1.29, 1.82) is 0 Å². The van der Waals surface area contributed by atoms with Gasteiger partial charge >= 0.3 is 7.82 Å². The van der Waals surface area contributed by atoms with Crippen molar-refractivity contribution >= 4 is 13.6 Å². The van der Waals surface area contributed by atoms with Gasteiger partial charge in [0.25, 0.3) is 0 Å². The molecule has 0 aromatic heterocycles. The van der Waals surface area contributed by atoms with Crippen molar-refractivity contribution in [3.05, 3.63) is 0 Å². The molecule has 94 valence electrons. The Balaban J connectivity index is 2.22. The summed E-state index contributed by atoms with van der Waals surface area (Å²) in [7, 11) is -4.37. The van der Waals surface area contributed by atoms with E-state index in [-0.39, 0.29) is 24.7 Å². The Kier molecular flexibility index (Phi) is 5.58. The van der Waals surface area contributed by atoms with Crippen LogP contribution < -0.4 is 0 Å². The van der Waals surface area contributed by atoms with E-state index in [2.05, 4.69) is 9.20 Å². The summed E-state index contributed by atoms with van der Waals surface area (Å²) < 4.78 is 18.3. The van der Waals surface area contributed by atoms with Crippen molar-refractivity contribution in [3.8, 4) is 0 Å². The lowest BCUT2D eigenvalue weighted by Crippen LogP contribution is -2.18. The molecule has 0 amide bonds. The number of carbonyl (C=O) groups excluding carboxylic acids is 1. The number of hydrogen-bond donors (Lipinski definition) is 2. The molecule has 1 fully saturated rings. The number of hydrogen-bond acceptors (Lipinski definition) is 5. The van der Waals surface area contributed by atoms with Crippen LogP contribution in [0.3, 0.4) is 0 Å². The first-order valence-electron chi connectivity index (χ1n) is 5.38. The third kappa shape index (κ3) is 4.72. The zero-order chi connectivity index (χ0) is 12.0. The summed E-state index contributed by atoms with van der Waals surface area (Å²) in [6.45, 7) is -0.205. The Morgan fingerprint density at radius 3 is 2.50 bits per heavy atom. The van der Waals surface area contributed by atoms with E-state index in [1.165, 1.54) is 6.42 Å². The molecule has 0 heterocycles. The van der Waals surface area contributed by atoms with Crippen molar-refractivity contribution in [2.75, 3.05) is 6.61 Å². The lowest BCUT2D eigenvalue weighted by atomic mass is 9.85. The van der Waals surface area contributed by atoms with Crippen LogP contribution in [-0.4, -0.2) is 22.5 Å². The minimum absolute atomic E-state index is 0.0534. The summed E-state index contributed by atoms with van der Waals surface area (Å²) in [5.41, 5.74) is 0. The fourth-order valence-corrected chi connectivity index (χ4v) is 2.28. The number of rotatable bonds is 6. The summed E-state index contributed by atoms with van der Waals surface area (Å²) in [4.78, 5) is 20.3. The molecule has 1 unspecified atom stereocenters. The van der Waals surface area contributed by atoms with Crippen LogP contribution in [0.15, 0.2) is 0 Å². The van der Waals surface area contributed by atoms with Crippen molar-refractivity contribution in [1.82, 2.24) is 0 Å². The van der Waals surface area contributed by atoms with E-state index in [0.29, 0.717) is 0 Å². The highest BCUT2D eigenvalue weighted by Crippen LogP contribution is 2.41. The van der Waals surface area contributed by atoms with Crippen LogP contribution in [0.2, 0.25) is 0 Å². The summed E-state index contributed by atoms with van der Waals surface area (Å²) in [6, 6.07) is 0. The third-order valence-electron chi connectivity index (χ3n) is 2.77. The zero-order valence-electron chi connectivity index (χ0n) is 9.00. The van der Waals surface area contributed by atoms with E-state index in [4.69, 9.17) is 10.2 Å². The maximum Gasteiger partial charge on any atom is 0.499 e. The Bertz CT molecular complexity index is 273. The monoisotopic (exact) mass is 252 g/mol. The van der Waals surface area contributed by atoms with Crippen LogP contribution in [0, 0.1) is 5.92 Å². The highest BCUT2D eigenvalue weighted by molar-refractivity contribution is 7.47. The number of phosphoric ester groups is 1. The molecular weight excluding hydrogens is 235 g/mol. The number of carbonyl (C=O) groups is 1. The first kappa shape index (κ1) is 13.8. The van der Waals surface area contributed by atoms with Crippen LogP contribution in [0.5, 0.6) is 0 Å². The molecule has 0 saturated heterocycles. The van der Waals surface area contributed by atoms with E-state index < -0.39 is 7.82 Å². The van der Waals surface area contributed by atoms with Gasteiger partial charge in [0.2, 0.25) is 0 Å². The van der Waals surface area contributed by atoms with E-state index in [9.17, 15) is 9.36 Å². The van der Waals surface area contributed by atoms with Gasteiger partial charge < -0.3 is 4.89 Å². The fourth-order valence-electron chi connectivity index (χ4n) is 1.91. The highest BCUT2D eigenvalue weighted by Gasteiger charge is 2.24. The van der Waals surface area contributed by atoms with Crippen molar-refractivity contribution < 1.29 is 28.7 Å². The Labute approximate surface area is 94.1 Å². The minimum atomic E-state index is -4.37. The third-order valence-corrected chi connectivity index (χ3v) is 3.48. The lowest BCUT2D eigenvalue weighted by Gasteiger charge is -2.20. The van der Waals surface area contributed by atoms with Gasteiger partial charge in [0.1, 0.15) is 5.78 Å². The fraction of sp³-hybridized carbons (Fsp3) is 0.889. The molecule has 0 aromatic rings. The van der Waals surface area contributed by atoms with Crippen LogP contribution >= 0.6 is 7.82 Å². The van der Waals surface area contributed by atoms with Crippen molar-refractivity contribution in [2.24, 2.45) is 5.92 Å². The normalized spacial score (nSPS) is 21.6. The van der Waals surface area contributed by atoms with Gasteiger partial charge in [0.05, 0.1) is 6.61 Å². The predicted molar refractivity (Wildman–Crippen MR) is 55.7 cm³/mol. The molecule has 2 N–H and O–H groups in total. The molecule has 0 spiro atoms. The van der Waals surface area contributed by atoms with Crippen LogP contribution in [-0.2, 0) is 18.6 Å². The average molecular weight is 252 g/mol. The Morgan fingerprint density at radius 2 is 1.94 bits per heavy atom. The summed E-state index contributed by atoms with van der Waals surface area (Å²) in [6.07, 6.45) is 5.17. The second-order valence-electron chi connectivity index (χ2n) is 3.93. The standard InChI is InChI=1S/C9H17O6P/c10-9(8-4-2-1-3-5-8)6-7-14-16(12,13)15-11/h8,11H,1-7H2,(H,12,13). The van der Waals surface area contributed by atoms with Gasteiger partial charge in [-0.15, -0.1) is 4.67 Å². The van der Waals surface area contributed by atoms with E-state index in [0.717, 1.165) is 25.7 Å². The lowest BCUT2D eigenvalue weighted by molar-refractivity contribution is -0.162. The summed E-state index contributed by atoms with van der Waals surface area (Å²) in [5, 5.41) is 7.98. The largest absolute Gasteiger partial charge is 0.499 e. The summed E-state index contributed by atoms with van der Waals surface area (Å²) >= 11 is 0. The number of ketones is 1. The van der Waals surface area contributed by atoms with Crippen LogP contribution in [0.4, 0.5) is 0 Å². The molecule has 0 radical (unpaired) electrons.